The third-order valence-corrected chi connectivity index (χ3v) is 19.2. The van der Waals surface area contributed by atoms with E-state index in [2.05, 4.69) is 83.1 Å². The summed E-state index contributed by atoms with van der Waals surface area (Å²) in [7, 11) is 0. The molecule has 0 bridgehead atoms. The van der Waals surface area contributed by atoms with Crippen LogP contribution in [0.5, 0.6) is 0 Å². The Hall–Kier alpha value is 0.554. The molecule has 0 radical (unpaired) electrons. The molecule has 4 unspecified atom stereocenters. The SMILES string of the molecule is CCCCCCCCCCCCC([O][Ti]([O]C(CCCCCCCCCCCC)C(C)C)([O]C(CCCCCCCCCCCC)C(C)C)[O]C(CCCCCCCCCCCC)C(C)C)C(C)C. The van der Waals surface area contributed by atoms with Gasteiger partial charge in [-0.25, -0.2) is 0 Å². The fourth-order valence-corrected chi connectivity index (χ4v) is 15.6. The zero-order valence-electron chi connectivity index (χ0n) is 49.9. The molecule has 4 nitrogen and oxygen atoms in total. The zero-order chi connectivity index (χ0) is 51.1. The standard InChI is InChI=1S/4C16H33O.Ti/c4*1-4-5-6-7-8-9-10-11-12-13-14-16(17)15(2)3;/h4*15-16H,4-14H2,1-3H3;/q4*-1;+4. The van der Waals surface area contributed by atoms with Crippen molar-refractivity contribution in [1.29, 1.82) is 0 Å². The van der Waals surface area contributed by atoms with Gasteiger partial charge in [-0.3, -0.25) is 0 Å². The summed E-state index contributed by atoms with van der Waals surface area (Å²) < 4.78 is 31.0. The molecule has 0 aromatic heterocycles. The van der Waals surface area contributed by atoms with E-state index >= 15 is 0 Å². The topological polar surface area (TPSA) is 36.9 Å². The van der Waals surface area contributed by atoms with Crippen molar-refractivity contribution >= 4 is 0 Å². The predicted octanol–water partition coefficient (Wildman–Crippen LogP) is 23.2. The number of hydrogen-bond acceptors (Lipinski definition) is 4. The third kappa shape index (κ3) is 42.5. The first-order chi connectivity index (χ1) is 33.5. The van der Waals surface area contributed by atoms with Crippen molar-refractivity contribution in [3.63, 3.8) is 0 Å². The molecule has 0 aliphatic rings. The van der Waals surface area contributed by atoms with Gasteiger partial charge < -0.3 is 0 Å². The third-order valence-electron chi connectivity index (χ3n) is 15.5. The van der Waals surface area contributed by atoms with Gasteiger partial charge in [0.1, 0.15) is 0 Å². The molecule has 0 aromatic carbocycles. The van der Waals surface area contributed by atoms with Crippen molar-refractivity contribution in [2.45, 2.75) is 390 Å². The minimum atomic E-state index is -4.44. The molecule has 0 rings (SSSR count). The van der Waals surface area contributed by atoms with Gasteiger partial charge in [0.25, 0.3) is 0 Å². The van der Waals surface area contributed by atoms with Gasteiger partial charge in [-0.05, 0) is 0 Å². The van der Waals surface area contributed by atoms with Gasteiger partial charge in [0.2, 0.25) is 0 Å². The van der Waals surface area contributed by atoms with E-state index in [4.69, 9.17) is 13.3 Å². The van der Waals surface area contributed by atoms with Crippen molar-refractivity contribution in [3.05, 3.63) is 0 Å². The molecule has 0 aliphatic carbocycles. The summed E-state index contributed by atoms with van der Waals surface area (Å²) in [5.41, 5.74) is 0. The van der Waals surface area contributed by atoms with Crippen LogP contribution in [0.25, 0.3) is 0 Å². The first kappa shape index (κ1) is 69.6. The van der Waals surface area contributed by atoms with Crippen LogP contribution >= 0.6 is 0 Å². The molecule has 0 saturated heterocycles. The van der Waals surface area contributed by atoms with Crippen LogP contribution in [0.4, 0.5) is 0 Å². The summed E-state index contributed by atoms with van der Waals surface area (Å²) in [4.78, 5) is 0. The molecule has 0 spiro atoms. The first-order valence-electron chi connectivity index (χ1n) is 32.2. The van der Waals surface area contributed by atoms with Crippen LogP contribution < -0.4 is 0 Å². The molecule has 0 aromatic rings. The second-order valence-corrected chi connectivity index (χ2v) is 27.0. The van der Waals surface area contributed by atoms with Gasteiger partial charge in [-0.2, -0.15) is 0 Å². The Morgan fingerprint density at radius 2 is 0.333 bits per heavy atom. The van der Waals surface area contributed by atoms with Crippen LogP contribution in [0.3, 0.4) is 0 Å². The fourth-order valence-electron chi connectivity index (χ4n) is 10.4. The fraction of sp³-hybridized carbons (Fsp3) is 1.00. The maximum absolute atomic E-state index is 7.74. The molecule has 0 fully saturated rings. The molecule has 0 aliphatic heterocycles. The molecular weight excluding hydrogens is 881 g/mol. The average Bonchev–Trinajstić information content (AvgIpc) is 3.32. The predicted molar refractivity (Wildman–Crippen MR) is 305 cm³/mol. The van der Waals surface area contributed by atoms with E-state index in [0.717, 1.165) is 25.7 Å². The molecule has 0 amide bonds. The van der Waals surface area contributed by atoms with Crippen LogP contribution in [0.15, 0.2) is 0 Å². The van der Waals surface area contributed by atoms with Gasteiger partial charge in [0.15, 0.2) is 0 Å². The number of hydrogen-bond donors (Lipinski definition) is 0. The summed E-state index contributed by atoms with van der Waals surface area (Å²) in [5, 5.41) is 0. The summed E-state index contributed by atoms with van der Waals surface area (Å²) in [6, 6.07) is 0. The van der Waals surface area contributed by atoms with Crippen molar-refractivity contribution in [2.75, 3.05) is 0 Å². The van der Waals surface area contributed by atoms with Gasteiger partial charge in [-0.1, -0.05) is 53.4 Å². The van der Waals surface area contributed by atoms with Crippen LogP contribution in [0, 0.1) is 23.7 Å². The Morgan fingerprint density at radius 1 is 0.203 bits per heavy atom. The Labute approximate surface area is 442 Å². The second kappa shape index (κ2) is 50.7. The molecule has 0 N–H and O–H groups in total. The molecule has 0 heterocycles. The number of unbranched alkanes of at least 4 members (excludes halogenated alkanes) is 36. The summed E-state index contributed by atoms with van der Waals surface area (Å²) in [5.74, 6) is 1.51. The molecule has 5 heteroatoms. The first-order valence-corrected chi connectivity index (χ1v) is 34.7. The van der Waals surface area contributed by atoms with Crippen LogP contribution in [0.1, 0.15) is 366 Å². The maximum atomic E-state index is 7.74. The van der Waals surface area contributed by atoms with Crippen LogP contribution in [0.2, 0.25) is 0 Å². The Morgan fingerprint density at radius 3 is 0.464 bits per heavy atom. The van der Waals surface area contributed by atoms with Crippen LogP contribution in [-0.2, 0) is 31.4 Å². The number of rotatable bonds is 56. The second-order valence-electron chi connectivity index (χ2n) is 24.0. The molecule has 0 saturated carbocycles. The van der Waals surface area contributed by atoms with E-state index in [0.29, 0.717) is 23.7 Å². The van der Waals surface area contributed by atoms with E-state index in [9.17, 15) is 0 Å². The van der Waals surface area contributed by atoms with Gasteiger partial charge in [0.05, 0.1) is 0 Å². The Bertz CT molecular complexity index is 843. The van der Waals surface area contributed by atoms with Crippen LogP contribution in [-0.4, -0.2) is 24.4 Å². The van der Waals surface area contributed by atoms with Crippen molar-refractivity contribution in [2.24, 2.45) is 23.7 Å². The van der Waals surface area contributed by atoms with Crippen molar-refractivity contribution in [3.8, 4) is 0 Å². The van der Waals surface area contributed by atoms with Gasteiger partial charge in [0, 0.05) is 0 Å². The Kier molecular flexibility index (Phi) is 51.1. The van der Waals surface area contributed by atoms with E-state index in [1.54, 1.807) is 0 Å². The van der Waals surface area contributed by atoms with Gasteiger partial charge in [-0.15, -0.1) is 0 Å². The average molecular weight is 1010 g/mol. The Balaban J connectivity index is 6.50. The quantitative estimate of drug-likeness (QED) is 0.0449. The monoisotopic (exact) mass is 1010 g/mol. The molecule has 69 heavy (non-hydrogen) atoms. The van der Waals surface area contributed by atoms with Gasteiger partial charge >= 0.3 is 392 Å². The van der Waals surface area contributed by atoms with E-state index < -0.39 is 18.1 Å². The summed E-state index contributed by atoms with van der Waals surface area (Å²) in [6.07, 6.45) is 58.8. The minimum absolute atomic E-state index is 0.0828. The van der Waals surface area contributed by atoms with Crippen molar-refractivity contribution < 1.29 is 31.4 Å². The molecule has 416 valence electrons. The zero-order valence-corrected chi connectivity index (χ0v) is 51.4. The summed E-state index contributed by atoms with van der Waals surface area (Å²) >= 11 is -4.44. The molecular formula is C64H132O4Ti. The van der Waals surface area contributed by atoms with E-state index in [-0.39, 0.29) is 24.4 Å². The van der Waals surface area contributed by atoms with E-state index in [1.165, 1.54) is 257 Å². The van der Waals surface area contributed by atoms with E-state index in [1.807, 2.05) is 0 Å². The molecule has 4 atom stereocenters. The summed E-state index contributed by atoms with van der Waals surface area (Å²) in [6.45, 7) is 28.3. The van der Waals surface area contributed by atoms with Crippen molar-refractivity contribution in [1.82, 2.24) is 0 Å². The normalized spacial score (nSPS) is 15.0.